The van der Waals surface area contributed by atoms with Gasteiger partial charge in [-0.05, 0) is 23.9 Å². The number of phenolic OH excluding ortho intramolecular Hbond substituents is 2. The van der Waals surface area contributed by atoms with Gasteiger partial charge in [0, 0.05) is 11.6 Å². The van der Waals surface area contributed by atoms with Crippen LogP contribution in [-0.4, -0.2) is 28.0 Å². The van der Waals surface area contributed by atoms with Crippen molar-refractivity contribution in [2.75, 3.05) is 6.61 Å². The summed E-state index contributed by atoms with van der Waals surface area (Å²) in [4.78, 5) is 0. The molecule has 19 heavy (non-hydrogen) atoms. The minimum atomic E-state index is -0.537. The number of rotatable bonds is 1. The van der Waals surface area contributed by atoms with Gasteiger partial charge in [-0.15, -0.1) is 0 Å². The molecule has 1 heterocycles. The molecule has 1 aromatic carbocycles. The van der Waals surface area contributed by atoms with Gasteiger partial charge in [-0.2, -0.15) is 0 Å². The zero-order valence-electron chi connectivity index (χ0n) is 10.1. The van der Waals surface area contributed by atoms with E-state index < -0.39 is 6.10 Å². The minimum absolute atomic E-state index is 0.00263. The number of allylic oxidation sites excluding steroid dienone is 2. The van der Waals surface area contributed by atoms with E-state index in [1.807, 2.05) is 0 Å². The van der Waals surface area contributed by atoms with Crippen molar-refractivity contribution in [1.29, 1.82) is 0 Å². The Morgan fingerprint density at radius 2 is 2.16 bits per heavy atom. The molecule has 2 unspecified atom stereocenters. The Morgan fingerprint density at radius 3 is 2.95 bits per heavy atom. The molecule has 4 nitrogen and oxygen atoms in total. The van der Waals surface area contributed by atoms with Crippen LogP contribution in [0.1, 0.15) is 11.5 Å². The van der Waals surface area contributed by atoms with Crippen LogP contribution in [0.2, 0.25) is 0 Å². The van der Waals surface area contributed by atoms with Crippen LogP contribution in [0, 0.1) is 0 Å². The Morgan fingerprint density at radius 1 is 1.32 bits per heavy atom. The maximum absolute atomic E-state index is 9.90. The van der Waals surface area contributed by atoms with E-state index in [0.29, 0.717) is 17.9 Å². The lowest BCUT2D eigenvalue weighted by Crippen LogP contribution is -2.31. The summed E-state index contributed by atoms with van der Waals surface area (Å²) in [6.45, 7) is 0.299. The molecule has 0 bridgehead atoms. The van der Waals surface area contributed by atoms with E-state index in [2.05, 4.69) is 11.5 Å². The quantitative estimate of drug-likeness (QED) is 0.590. The molecule has 4 N–H and O–H groups in total. The lowest BCUT2D eigenvalue weighted by Gasteiger charge is -2.29. The van der Waals surface area contributed by atoms with Crippen LogP contribution in [0.4, 0.5) is 0 Å². The maximum Gasteiger partial charge on any atom is 0.194 e. The third-order valence-corrected chi connectivity index (χ3v) is 3.35. The monoisotopic (exact) mass is 257 g/mol. The number of ether oxygens (including phenoxy) is 1. The molecule has 1 aromatic rings. The lowest BCUT2D eigenvalue weighted by atomic mass is 9.85. The molecule has 3 rings (SSSR count). The van der Waals surface area contributed by atoms with E-state index in [9.17, 15) is 10.2 Å². The summed E-state index contributed by atoms with van der Waals surface area (Å²) >= 11 is 0. The third-order valence-electron chi connectivity index (χ3n) is 3.35. The Kier molecular flexibility index (Phi) is 2.69. The predicted molar refractivity (Wildman–Crippen MR) is 69.1 cm³/mol. The molecule has 1 aliphatic heterocycles. The number of phenols is 2. The second kappa shape index (κ2) is 4.38. The summed E-state index contributed by atoms with van der Waals surface area (Å²) < 4.78 is 5.57. The van der Waals surface area contributed by atoms with E-state index in [-0.39, 0.29) is 17.4 Å². The van der Waals surface area contributed by atoms with Gasteiger partial charge in [-0.3, -0.25) is 0 Å². The molecule has 1 aliphatic carbocycles. The van der Waals surface area contributed by atoms with Gasteiger partial charge in [0.05, 0.1) is 11.5 Å². The fraction of sp³-hybridized carbons (Fsp3) is 0.200. The highest BCUT2D eigenvalue weighted by Crippen LogP contribution is 2.38. The third kappa shape index (κ3) is 1.94. The summed E-state index contributed by atoms with van der Waals surface area (Å²) in [6.07, 6.45) is 2.95. The smallest absolute Gasteiger partial charge is 0.194 e. The van der Waals surface area contributed by atoms with Gasteiger partial charge in [0.2, 0.25) is 0 Å². The molecule has 4 heteroatoms. The maximum atomic E-state index is 9.90. The average Bonchev–Trinajstić information content (AvgIpc) is 2.41. The molecule has 96 valence electrons. The van der Waals surface area contributed by atoms with Crippen molar-refractivity contribution in [3.63, 3.8) is 0 Å². The molecule has 1 saturated heterocycles. The zero-order valence-corrected chi connectivity index (χ0v) is 10.1. The molecule has 0 radical (unpaired) electrons. The SMILES string of the molecule is Oc1ccc(C2COC3=C=C=CC=C3C2[OH2+])c(O)c1. The number of hydrogen-bond acceptors (Lipinski definition) is 3. The molecule has 1 fully saturated rings. The molecule has 0 aromatic heterocycles. The lowest BCUT2D eigenvalue weighted by molar-refractivity contribution is 0.0748. The number of hydrogen-bond donors (Lipinski definition) is 2. The topological polar surface area (TPSA) is 72.6 Å². The fourth-order valence-corrected chi connectivity index (χ4v) is 2.35. The largest absolute Gasteiger partial charge is 0.508 e. The van der Waals surface area contributed by atoms with Crippen LogP contribution in [-0.2, 0) is 4.74 Å². The fourth-order valence-electron chi connectivity index (χ4n) is 2.35. The van der Waals surface area contributed by atoms with E-state index >= 15 is 0 Å². The molecule has 0 spiro atoms. The Bertz CT molecular complexity index is 659. The molecule has 0 saturated carbocycles. The summed E-state index contributed by atoms with van der Waals surface area (Å²) in [7, 11) is 0. The van der Waals surface area contributed by atoms with Crippen molar-refractivity contribution >= 4 is 0 Å². The van der Waals surface area contributed by atoms with Crippen molar-refractivity contribution in [3.05, 3.63) is 58.7 Å². The first kappa shape index (κ1) is 11.7. The summed E-state index contributed by atoms with van der Waals surface area (Å²) in [5, 5.41) is 27.5. The molecule has 2 aliphatic rings. The first-order valence-electron chi connectivity index (χ1n) is 5.95. The van der Waals surface area contributed by atoms with E-state index in [1.54, 1.807) is 18.2 Å². The van der Waals surface area contributed by atoms with Crippen molar-refractivity contribution in [2.24, 2.45) is 0 Å². The van der Waals surface area contributed by atoms with Crippen LogP contribution >= 0.6 is 0 Å². The number of fused-ring (bicyclic) bond motifs is 1. The second-order valence-corrected chi connectivity index (χ2v) is 4.53. The second-order valence-electron chi connectivity index (χ2n) is 4.53. The van der Waals surface area contributed by atoms with Gasteiger partial charge in [0.15, 0.2) is 11.9 Å². The first-order chi connectivity index (χ1) is 9.16. The normalized spacial score (nSPS) is 24.3. The van der Waals surface area contributed by atoms with Crippen LogP contribution < -0.4 is 0 Å². The Labute approximate surface area is 109 Å². The van der Waals surface area contributed by atoms with Crippen molar-refractivity contribution in [3.8, 4) is 11.5 Å². The van der Waals surface area contributed by atoms with Crippen LogP contribution in [0.3, 0.4) is 0 Å². The van der Waals surface area contributed by atoms with Crippen molar-refractivity contribution < 1.29 is 20.1 Å². The summed E-state index contributed by atoms with van der Waals surface area (Å²) in [6, 6.07) is 4.41. The van der Waals surface area contributed by atoms with Crippen molar-refractivity contribution in [1.82, 2.24) is 0 Å². The molecule has 2 atom stereocenters. The van der Waals surface area contributed by atoms with Crippen LogP contribution in [0.5, 0.6) is 11.5 Å². The zero-order chi connectivity index (χ0) is 13.4. The number of benzene rings is 1. The van der Waals surface area contributed by atoms with Gasteiger partial charge in [-0.1, -0.05) is 11.8 Å². The number of aromatic hydroxyl groups is 2. The van der Waals surface area contributed by atoms with Gasteiger partial charge in [0.25, 0.3) is 0 Å². The minimum Gasteiger partial charge on any atom is -0.508 e. The van der Waals surface area contributed by atoms with Gasteiger partial charge < -0.3 is 20.1 Å². The predicted octanol–water partition coefficient (Wildman–Crippen LogP) is 1.44. The van der Waals surface area contributed by atoms with Crippen LogP contribution in [0.25, 0.3) is 0 Å². The molecular formula is C15H13O4+. The first-order valence-corrected chi connectivity index (χ1v) is 5.95. The van der Waals surface area contributed by atoms with E-state index in [1.165, 1.54) is 12.1 Å². The standard InChI is InChI=1S/C15H12O4/c16-9-5-6-10(13(17)7-9)12-8-19-14-4-2-1-3-11(14)15(12)18/h1,3,5-7,12,15-18H,8H2/p+1. The Hall–Kier alpha value is -2.38. The highest BCUT2D eigenvalue weighted by Gasteiger charge is 2.38. The summed E-state index contributed by atoms with van der Waals surface area (Å²) in [5.41, 5.74) is 6.99. The average molecular weight is 257 g/mol. The van der Waals surface area contributed by atoms with Gasteiger partial charge >= 0.3 is 0 Å². The molecule has 0 amide bonds. The van der Waals surface area contributed by atoms with Crippen LogP contribution in [0.15, 0.2) is 53.1 Å². The Balaban J connectivity index is 1.97. The van der Waals surface area contributed by atoms with E-state index in [0.717, 1.165) is 5.57 Å². The highest BCUT2D eigenvalue weighted by atomic mass is 16.5. The highest BCUT2D eigenvalue weighted by molar-refractivity contribution is 5.46. The van der Waals surface area contributed by atoms with Gasteiger partial charge in [0.1, 0.15) is 18.1 Å². The van der Waals surface area contributed by atoms with Gasteiger partial charge in [-0.25, -0.2) is 0 Å². The molecular weight excluding hydrogens is 244 g/mol. The van der Waals surface area contributed by atoms with E-state index in [4.69, 9.17) is 9.84 Å². The van der Waals surface area contributed by atoms with Crippen molar-refractivity contribution in [2.45, 2.75) is 12.0 Å². The summed E-state index contributed by atoms with van der Waals surface area (Å²) in [5.74, 6) is 0.268.